The van der Waals surface area contributed by atoms with Crippen molar-refractivity contribution in [2.75, 3.05) is 0 Å². The molecule has 0 spiro atoms. The molecule has 0 aromatic carbocycles. The van der Waals surface area contributed by atoms with Crippen molar-refractivity contribution in [2.45, 2.75) is 33.9 Å². The first-order valence-corrected chi connectivity index (χ1v) is 6.30. The fourth-order valence-corrected chi connectivity index (χ4v) is 2.12. The minimum atomic E-state index is 0.432. The molecule has 0 aliphatic rings. The van der Waals surface area contributed by atoms with Crippen molar-refractivity contribution in [2.24, 2.45) is 5.73 Å². The van der Waals surface area contributed by atoms with Crippen LogP contribution < -0.4 is 5.73 Å². The molecule has 0 radical (unpaired) electrons. The SMILES string of the molecule is Cc1nn(Cc2cc(CN)oc2C)c(C)c1Br. The first-order valence-electron chi connectivity index (χ1n) is 5.50. The first-order chi connectivity index (χ1) is 8.02. The highest BCUT2D eigenvalue weighted by atomic mass is 79.9. The van der Waals surface area contributed by atoms with Crippen LogP contribution in [-0.4, -0.2) is 9.78 Å². The highest BCUT2D eigenvalue weighted by molar-refractivity contribution is 9.10. The van der Waals surface area contributed by atoms with E-state index in [1.54, 1.807) is 0 Å². The summed E-state index contributed by atoms with van der Waals surface area (Å²) in [4.78, 5) is 0. The molecule has 17 heavy (non-hydrogen) atoms. The monoisotopic (exact) mass is 297 g/mol. The van der Waals surface area contributed by atoms with E-state index in [0.29, 0.717) is 13.1 Å². The Labute approximate surface area is 109 Å². The van der Waals surface area contributed by atoms with Crippen LogP contribution in [0.15, 0.2) is 15.0 Å². The largest absolute Gasteiger partial charge is 0.465 e. The molecule has 92 valence electrons. The van der Waals surface area contributed by atoms with E-state index < -0.39 is 0 Å². The van der Waals surface area contributed by atoms with Crippen molar-refractivity contribution in [1.29, 1.82) is 0 Å². The molecule has 0 aliphatic heterocycles. The zero-order valence-electron chi connectivity index (χ0n) is 10.2. The molecule has 2 aromatic rings. The van der Waals surface area contributed by atoms with Gasteiger partial charge in [0.1, 0.15) is 11.5 Å². The molecular weight excluding hydrogens is 282 g/mol. The summed E-state index contributed by atoms with van der Waals surface area (Å²) in [5.74, 6) is 1.73. The van der Waals surface area contributed by atoms with Crippen molar-refractivity contribution in [1.82, 2.24) is 9.78 Å². The number of aryl methyl sites for hydroxylation is 2. The molecule has 0 fully saturated rings. The number of rotatable bonds is 3. The van der Waals surface area contributed by atoms with Gasteiger partial charge in [0.15, 0.2) is 0 Å². The van der Waals surface area contributed by atoms with Gasteiger partial charge in [0.05, 0.1) is 29.0 Å². The molecule has 2 aromatic heterocycles. The van der Waals surface area contributed by atoms with Gasteiger partial charge in [0.2, 0.25) is 0 Å². The molecule has 0 saturated carbocycles. The maximum atomic E-state index is 5.56. The lowest BCUT2D eigenvalue weighted by Gasteiger charge is -2.02. The minimum Gasteiger partial charge on any atom is -0.465 e. The number of hydrogen-bond donors (Lipinski definition) is 1. The first kappa shape index (κ1) is 12.4. The summed E-state index contributed by atoms with van der Waals surface area (Å²) in [6, 6.07) is 2.00. The van der Waals surface area contributed by atoms with E-state index in [1.807, 2.05) is 31.5 Å². The van der Waals surface area contributed by atoms with Gasteiger partial charge in [-0.3, -0.25) is 4.68 Å². The van der Waals surface area contributed by atoms with E-state index in [0.717, 1.165) is 32.9 Å². The molecule has 0 unspecified atom stereocenters. The Balaban J connectivity index is 2.31. The quantitative estimate of drug-likeness (QED) is 0.947. The summed E-state index contributed by atoms with van der Waals surface area (Å²) in [6.07, 6.45) is 0. The average molecular weight is 298 g/mol. The normalized spacial score (nSPS) is 11.1. The van der Waals surface area contributed by atoms with Crippen molar-refractivity contribution >= 4 is 15.9 Å². The highest BCUT2D eigenvalue weighted by Gasteiger charge is 2.12. The van der Waals surface area contributed by atoms with E-state index in [4.69, 9.17) is 10.2 Å². The van der Waals surface area contributed by atoms with Crippen LogP contribution in [0.25, 0.3) is 0 Å². The fourth-order valence-electron chi connectivity index (χ4n) is 1.84. The average Bonchev–Trinajstić information content (AvgIpc) is 2.77. The predicted octanol–water partition coefficient (Wildman–Crippen LogP) is 2.67. The molecule has 2 heterocycles. The molecule has 2 rings (SSSR count). The molecule has 0 aliphatic carbocycles. The van der Waals surface area contributed by atoms with Crippen LogP contribution in [0.5, 0.6) is 0 Å². The Bertz CT molecular complexity index is 542. The number of nitrogens with two attached hydrogens (primary N) is 1. The van der Waals surface area contributed by atoms with E-state index in [9.17, 15) is 0 Å². The second-order valence-electron chi connectivity index (χ2n) is 4.14. The van der Waals surface area contributed by atoms with E-state index in [-0.39, 0.29) is 0 Å². The smallest absolute Gasteiger partial charge is 0.118 e. The van der Waals surface area contributed by atoms with Gasteiger partial charge in [0.25, 0.3) is 0 Å². The highest BCUT2D eigenvalue weighted by Crippen LogP contribution is 2.22. The van der Waals surface area contributed by atoms with Gasteiger partial charge in [-0.05, 0) is 42.8 Å². The third-order valence-electron chi connectivity index (χ3n) is 2.89. The maximum Gasteiger partial charge on any atom is 0.118 e. The second kappa shape index (κ2) is 4.66. The summed E-state index contributed by atoms with van der Waals surface area (Å²) < 4.78 is 8.57. The minimum absolute atomic E-state index is 0.432. The zero-order chi connectivity index (χ0) is 12.6. The summed E-state index contributed by atoms with van der Waals surface area (Å²) in [5, 5.41) is 4.48. The molecule has 5 heteroatoms. The molecule has 0 saturated heterocycles. The van der Waals surface area contributed by atoms with Gasteiger partial charge in [-0.25, -0.2) is 0 Å². The zero-order valence-corrected chi connectivity index (χ0v) is 11.8. The van der Waals surface area contributed by atoms with Crippen LogP contribution in [0.1, 0.15) is 28.5 Å². The van der Waals surface area contributed by atoms with Crippen LogP contribution in [0.4, 0.5) is 0 Å². The lowest BCUT2D eigenvalue weighted by molar-refractivity contribution is 0.480. The van der Waals surface area contributed by atoms with E-state index >= 15 is 0 Å². The summed E-state index contributed by atoms with van der Waals surface area (Å²) in [7, 11) is 0. The molecule has 0 amide bonds. The molecule has 0 atom stereocenters. The Kier molecular flexibility index (Phi) is 3.40. The Morgan fingerprint density at radius 2 is 2.12 bits per heavy atom. The van der Waals surface area contributed by atoms with Crippen LogP contribution in [0, 0.1) is 20.8 Å². The third kappa shape index (κ3) is 2.30. The van der Waals surface area contributed by atoms with Gasteiger partial charge >= 0.3 is 0 Å². The van der Waals surface area contributed by atoms with Crippen LogP contribution in [0.3, 0.4) is 0 Å². The summed E-state index contributed by atoms with van der Waals surface area (Å²) >= 11 is 3.52. The number of furan rings is 1. The van der Waals surface area contributed by atoms with Crippen LogP contribution >= 0.6 is 15.9 Å². The van der Waals surface area contributed by atoms with E-state index in [1.165, 1.54) is 0 Å². The lowest BCUT2D eigenvalue weighted by Crippen LogP contribution is -2.04. The topological polar surface area (TPSA) is 57.0 Å². The maximum absolute atomic E-state index is 5.56. The number of nitrogens with zero attached hydrogens (tertiary/aromatic N) is 2. The lowest BCUT2D eigenvalue weighted by atomic mass is 10.2. The van der Waals surface area contributed by atoms with Crippen LogP contribution in [0.2, 0.25) is 0 Å². The van der Waals surface area contributed by atoms with Crippen LogP contribution in [-0.2, 0) is 13.1 Å². The van der Waals surface area contributed by atoms with Gasteiger partial charge in [-0.2, -0.15) is 5.10 Å². The standard InChI is InChI=1S/C12H16BrN3O/c1-7-12(13)8(2)16(15-7)6-10-4-11(5-14)17-9(10)3/h4H,5-6,14H2,1-3H3. The number of hydrogen-bond acceptors (Lipinski definition) is 3. The second-order valence-corrected chi connectivity index (χ2v) is 4.93. The van der Waals surface area contributed by atoms with Crippen molar-refractivity contribution in [3.63, 3.8) is 0 Å². The summed E-state index contributed by atoms with van der Waals surface area (Å²) in [5.41, 5.74) is 8.81. The molecular formula is C12H16BrN3O. The van der Waals surface area contributed by atoms with Crippen molar-refractivity contribution in [3.05, 3.63) is 39.0 Å². The molecule has 4 nitrogen and oxygen atoms in total. The molecule has 0 bridgehead atoms. The Morgan fingerprint density at radius 1 is 1.41 bits per heavy atom. The third-order valence-corrected chi connectivity index (χ3v) is 4.03. The summed E-state index contributed by atoms with van der Waals surface area (Å²) in [6.45, 7) is 7.13. The van der Waals surface area contributed by atoms with Gasteiger partial charge in [-0.15, -0.1) is 0 Å². The van der Waals surface area contributed by atoms with E-state index in [2.05, 4.69) is 21.0 Å². The number of aromatic nitrogens is 2. The van der Waals surface area contributed by atoms with Crippen molar-refractivity contribution in [3.8, 4) is 0 Å². The molecule has 2 N–H and O–H groups in total. The number of halogens is 1. The van der Waals surface area contributed by atoms with Gasteiger partial charge in [0, 0.05) is 5.56 Å². The predicted molar refractivity (Wildman–Crippen MR) is 69.8 cm³/mol. The fraction of sp³-hybridized carbons (Fsp3) is 0.417. The van der Waals surface area contributed by atoms with Gasteiger partial charge in [-0.1, -0.05) is 0 Å². The Hall–Kier alpha value is -1.07. The van der Waals surface area contributed by atoms with Crippen molar-refractivity contribution < 1.29 is 4.42 Å². The Morgan fingerprint density at radius 3 is 2.59 bits per heavy atom. The van der Waals surface area contributed by atoms with Gasteiger partial charge < -0.3 is 10.2 Å².